The molecule has 1 aliphatic rings. The fourth-order valence-corrected chi connectivity index (χ4v) is 3.93. The van der Waals surface area contributed by atoms with Gasteiger partial charge >= 0.3 is 0 Å². The molecule has 0 radical (unpaired) electrons. The van der Waals surface area contributed by atoms with E-state index in [1.807, 2.05) is 18.2 Å². The van der Waals surface area contributed by atoms with E-state index in [9.17, 15) is 0 Å². The molecule has 0 saturated heterocycles. The second-order valence-electron chi connectivity index (χ2n) is 5.81. The number of hydrogen-bond acceptors (Lipinski definition) is 3. The van der Waals surface area contributed by atoms with E-state index in [4.69, 9.17) is 16.6 Å². The van der Waals surface area contributed by atoms with Gasteiger partial charge < -0.3 is 5.32 Å². The lowest BCUT2D eigenvalue weighted by Crippen LogP contribution is -2.24. The summed E-state index contributed by atoms with van der Waals surface area (Å²) in [5, 5.41) is 7.75. The van der Waals surface area contributed by atoms with Crippen LogP contribution in [0.15, 0.2) is 28.1 Å². The molecule has 1 unspecified atom stereocenters. The minimum atomic E-state index is 0.114. The third-order valence-electron chi connectivity index (χ3n) is 3.63. The SMILES string of the molecule is CC(C)c1csc(C(NC2CC2)c2cc(Cl)ccc2Br)n1. The third kappa shape index (κ3) is 3.67. The second kappa shape index (κ2) is 6.37. The molecule has 0 spiro atoms. The van der Waals surface area contributed by atoms with Gasteiger partial charge in [0.1, 0.15) is 5.01 Å². The van der Waals surface area contributed by atoms with Crippen molar-refractivity contribution in [3.8, 4) is 0 Å². The van der Waals surface area contributed by atoms with Gasteiger partial charge in [0.2, 0.25) is 0 Å². The van der Waals surface area contributed by atoms with Gasteiger partial charge in [0.25, 0.3) is 0 Å². The van der Waals surface area contributed by atoms with E-state index in [0.29, 0.717) is 12.0 Å². The summed E-state index contributed by atoms with van der Waals surface area (Å²) in [5.74, 6) is 0.458. The molecule has 112 valence electrons. The highest BCUT2D eigenvalue weighted by atomic mass is 79.9. The molecule has 1 fully saturated rings. The molecule has 2 aromatic rings. The van der Waals surface area contributed by atoms with E-state index in [1.54, 1.807) is 11.3 Å². The van der Waals surface area contributed by atoms with Crippen LogP contribution in [0.1, 0.15) is 54.9 Å². The minimum Gasteiger partial charge on any atom is -0.301 e. The van der Waals surface area contributed by atoms with Crippen LogP contribution in [0.25, 0.3) is 0 Å². The van der Waals surface area contributed by atoms with Crippen LogP contribution < -0.4 is 5.32 Å². The molecule has 1 aromatic heterocycles. The van der Waals surface area contributed by atoms with Crippen LogP contribution in [0.3, 0.4) is 0 Å². The summed E-state index contributed by atoms with van der Waals surface area (Å²) in [5.41, 5.74) is 2.33. The molecule has 0 bridgehead atoms. The average molecular weight is 386 g/mol. The number of aromatic nitrogens is 1. The number of rotatable bonds is 5. The Kier molecular flexibility index (Phi) is 4.69. The van der Waals surface area contributed by atoms with Crippen molar-refractivity contribution in [1.29, 1.82) is 0 Å². The lowest BCUT2D eigenvalue weighted by atomic mass is 10.1. The summed E-state index contributed by atoms with van der Waals surface area (Å²) in [4.78, 5) is 4.83. The molecule has 0 amide bonds. The highest BCUT2D eigenvalue weighted by molar-refractivity contribution is 9.10. The van der Waals surface area contributed by atoms with Gasteiger partial charge in [-0.1, -0.05) is 41.4 Å². The summed E-state index contributed by atoms with van der Waals surface area (Å²) in [6.07, 6.45) is 2.49. The number of halogens is 2. The standard InChI is InChI=1S/C16H18BrClN2S/c1-9(2)14-8-21-16(20-14)15(19-11-4-5-11)12-7-10(18)3-6-13(12)17/h3,6-9,11,15,19H,4-5H2,1-2H3. The lowest BCUT2D eigenvalue weighted by molar-refractivity contribution is 0.593. The first kappa shape index (κ1) is 15.5. The van der Waals surface area contributed by atoms with Crippen LogP contribution in [0.4, 0.5) is 0 Å². The fourth-order valence-electron chi connectivity index (χ4n) is 2.21. The Labute approximate surface area is 143 Å². The molecule has 1 heterocycles. The van der Waals surface area contributed by atoms with Crippen molar-refractivity contribution in [2.24, 2.45) is 0 Å². The van der Waals surface area contributed by atoms with Gasteiger partial charge in [-0.15, -0.1) is 11.3 Å². The Balaban J connectivity index is 1.97. The Morgan fingerprint density at radius 1 is 1.38 bits per heavy atom. The summed E-state index contributed by atoms with van der Waals surface area (Å²) >= 11 is 11.6. The van der Waals surface area contributed by atoms with Crippen LogP contribution in [0, 0.1) is 0 Å². The van der Waals surface area contributed by atoms with Crippen molar-refractivity contribution < 1.29 is 0 Å². The first-order chi connectivity index (χ1) is 10.0. The zero-order valence-electron chi connectivity index (χ0n) is 12.1. The molecule has 1 atom stereocenters. The normalized spacial score (nSPS) is 16.4. The number of hydrogen-bond donors (Lipinski definition) is 1. The highest BCUT2D eigenvalue weighted by Crippen LogP contribution is 2.36. The molecule has 3 rings (SSSR count). The van der Waals surface area contributed by atoms with E-state index in [2.05, 4.69) is 40.5 Å². The smallest absolute Gasteiger partial charge is 0.114 e. The van der Waals surface area contributed by atoms with E-state index in [-0.39, 0.29) is 6.04 Å². The average Bonchev–Trinajstić information content (AvgIpc) is 3.12. The molecule has 1 aliphatic carbocycles. The summed E-state index contributed by atoms with van der Waals surface area (Å²) < 4.78 is 1.08. The zero-order valence-corrected chi connectivity index (χ0v) is 15.2. The predicted molar refractivity (Wildman–Crippen MR) is 93.4 cm³/mol. The molecule has 21 heavy (non-hydrogen) atoms. The lowest BCUT2D eigenvalue weighted by Gasteiger charge is -2.18. The maximum Gasteiger partial charge on any atom is 0.114 e. The van der Waals surface area contributed by atoms with Crippen LogP contribution >= 0.6 is 38.9 Å². The maximum absolute atomic E-state index is 6.19. The topological polar surface area (TPSA) is 24.9 Å². The van der Waals surface area contributed by atoms with Gasteiger partial charge in [-0.25, -0.2) is 4.98 Å². The highest BCUT2D eigenvalue weighted by Gasteiger charge is 2.29. The first-order valence-corrected chi connectivity index (χ1v) is 9.26. The summed E-state index contributed by atoms with van der Waals surface area (Å²) in [6.45, 7) is 4.36. The van der Waals surface area contributed by atoms with Gasteiger partial charge in [-0.3, -0.25) is 0 Å². The number of nitrogens with zero attached hydrogens (tertiary/aromatic N) is 1. The van der Waals surface area contributed by atoms with Crippen molar-refractivity contribution in [3.05, 3.63) is 49.3 Å². The Bertz CT molecular complexity index is 637. The monoisotopic (exact) mass is 384 g/mol. The Morgan fingerprint density at radius 3 is 2.76 bits per heavy atom. The molecule has 2 nitrogen and oxygen atoms in total. The van der Waals surface area contributed by atoms with Crippen molar-refractivity contribution >= 4 is 38.9 Å². The predicted octanol–water partition coefficient (Wildman–Crippen LogP) is 5.52. The van der Waals surface area contributed by atoms with Crippen LogP contribution in [0.5, 0.6) is 0 Å². The molecular weight excluding hydrogens is 368 g/mol. The fraction of sp³-hybridized carbons (Fsp3) is 0.438. The van der Waals surface area contributed by atoms with Gasteiger partial charge in [-0.05, 0) is 42.5 Å². The quantitative estimate of drug-likeness (QED) is 0.732. The van der Waals surface area contributed by atoms with Crippen molar-refractivity contribution in [2.75, 3.05) is 0 Å². The van der Waals surface area contributed by atoms with Crippen molar-refractivity contribution in [3.63, 3.8) is 0 Å². The molecule has 0 aliphatic heterocycles. The first-order valence-electron chi connectivity index (χ1n) is 7.21. The second-order valence-corrected chi connectivity index (χ2v) is 7.99. The van der Waals surface area contributed by atoms with Crippen molar-refractivity contribution in [1.82, 2.24) is 10.3 Å². The molecule has 1 aromatic carbocycles. The Morgan fingerprint density at radius 2 is 2.14 bits per heavy atom. The molecule has 1 N–H and O–H groups in total. The van der Waals surface area contributed by atoms with Crippen LogP contribution in [-0.4, -0.2) is 11.0 Å². The van der Waals surface area contributed by atoms with Gasteiger partial charge in [0, 0.05) is 20.9 Å². The van der Waals surface area contributed by atoms with Crippen LogP contribution in [-0.2, 0) is 0 Å². The molecule has 1 saturated carbocycles. The van der Waals surface area contributed by atoms with Crippen molar-refractivity contribution in [2.45, 2.75) is 44.7 Å². The third-order valence-corrected chi connectivity index (χ3v) is 5.51. The summed E-state index contributed by atoms with van der Waals surface area (Å²) in [7, 11) is 0. The Hall–Kier alpha value is -0.420. The van der Waals surface area contributed by atoms with Gasteiger partial charge in [0.15, 0.2) is 0 Å². The minimum absolute atomic E-state index is 0.114. The van der Waals surface area contributed by atoms with Gasteiger partial charge in [0.05, 0.1) is 11.7 Å². The molecule has 5 heteroatoms. The number of thiazole rings is 1. The summed E-state index contributed by atoms with van der Waals surface area (Å²) in [6, 6.07) is 6.67. The van der Waals surface area contributed by atoms with E-state index >= 15 is 0 Å². The van der Waals surface area contributed by atoms with Crippen LogP contribution in [0.2, 0.25) is 5.02 Å². The van der Waals surface area contributed by atoms with Gasteiger partial charge in [-0.2, -0.15) is 0 Å². The molecular formula is C16H18BrClN2S. The largest absolute Gasteiger partial charge is 0.301 e. The zero-order chi connectivity index (χ0) is 15.0. The number of nitrogens with one attached hydrogen (secondary N) is 1. The maximum atomic E-state index is 6.19. The van der Waals surface area contributed by atoms with E-state index in [0.717, 1.165) is 20.2 Å². The van der Waals surface area contributed by atoms with E-state index in [1.165, 1.54) is 18.4 Å². The number of benzene rings is 1. The van der Waals surface area contributed by atoms with E-state index < -0.39 is 0 Å².